The Morgan fingerprint density at radius 2 is 2.25 bits per heavy atom. The molecule has 0 saturated carbocycles. The largest absolute Gasteiger partial charge is 0.269 e. The molecule has 0 spiro atoms. The Bertz CT molecular complexity index is 437. The number of H-pyrrole nitrogens is 1. The highest BCUT2D eigenvalue weighted by molar-refractivity contribution is 9.10. The molecule has 0 aliphatic carbocycles. The molecule has 0 bridgehead atoms. The summed E-state index contributed by atoms with van der Waals surface area (Å²) in [5.74, 6) is 0. The quantitative estimate of drug-likeness (QED) is 0.776. The number of nitrogens with one attached hydrogen (secondary N) is 1. The van der Waals surface area contributed by atoms with Gasteiger partial charge in [-0.25, -0.2) is 4.98 Å². The van der Waals surface area contributed by atoms with Crippen LogP contribution in [0, 0.1) is 6.92 Å². The van der Waals surface area contributed by atoms with E-state index in [1.165, 1.54) is 0 Å². The van der Waals surface area contributed by atoms with Crippen molar-refractivity contribution in [2.75, 3.05) is 0 Å². The molecule has 2 rings (SSSR count). The van der Waals surface area contributed by atoms with Crippen LogP contribution in [0.3, 0.4) is 0 Å². The summed E-state index contributed by atoms with van der Waals surface area (Å²) in [7, 11) is 0. The summed E-state index contributed by atoms with van der Waals surface area (Å²) in [4.78, 5) is 4.27. The van der Waals surface area contributed by atoms with Crippen molar-refractivity contribution in [3.05, 3.63) is 21.4 Å². The molecule has 0 aliphatic rings. The van der Waals surface area contributed by atoms with Crippen LogP contribution in [-0.4, -0.2) is 15.2 Å². The molecule has 2 aromatic heterocycles. The summed E-state index contributed by atoms with van der Waals surface area (Å²) in [6.45, 7) is 1.89. The van der Waals surface area contributed by atoms with Crippen LogP contribution in [-0.2, 0) is 0 Å². The molecule has 0 radical (unpaired) electrons. The number of aromatic amines is 1. The molecule has 2 aromatic rings. The third kappa shape index (κ3) is 1.11. The Kier molecular flexibility index (Phi) is 1.81. The lowest BCUT2D eigenvalue weighted by Crippen LogP contribution is -1.81. The SMILES string of the molecule is Cc1cc(Cl)c2n[nH]c(Br)c2n1. The predicted octanol–water partition coefficient (Wildman–Crippen LogP) is 2.68. The second kappa shape index (κ2) is 2.71. The van der Waals surface area contributed by atoms with Gasteiger partial charge in [0.25, 0.3) is 0 Å². The van der Waals surface area contributed by atoms with Crippen LogP contribution in [0.15, 0.2) is 10.7 Å². The third-order valence-corrected chi connectivity index (χ3v) is 2.39. The van der Waals surface area contributed by atoms with Crippen LogP contribution in [0.1, 0.15) is 5.69 Å². The molecule has 0 amide bonds. The van der Waals surface area contributed by atoms with Crippen molar-refractivity contribution < 1.29 is 0 Å². The Morgan fingerprint density at radius 3 is 3.00 bits per heavy atom. The first-order valence-electron chi connectivity index (χ1n) is 3.35. The van der Waals surface area contributed by atoms with Gasteiger partial charge in [-0.15, -0.1) is 0 Å². The molecular weight excluding hydrogens is 241 g/mol. The van der Waals surface area contributed by atoms with E-state index in [2.05, 4.69) is 31.1 Å². The minimum atomic E-state index is 0.624. The minimum Gasteiger partial charge on any atom is -0.269 e. The zero-order valence-electron chi connectivity index (χ0n) is 6.23. The maximum absolute atomic E-state index is 5.93. The summed E-state index contributed by atoms with van der Waals surface area (Å²) in [5, 5.41) is 7.38. The smallest absolute Gasteiger partial charge is 0.130 e. The van der Waals surface area contributed by atoms with Crippen LogP contribution >= 0.6 is 27.5 Å². The van der Waals surface area contributed by atoms with Gasteiger partial charge in [0.2, 0.25) is 0 Å². The fourth-order valence-electron chi connectivity index (χ4n) is 1.04. The van der Waals surface area contributed by atoms with E-state index in [0.717, 1.165) is 15.8 Å². The Morgan fingerprint density at radius 1 is 1.50 bits per heavy atom. The molecule has 62 valence electrons. The number of pyridine rings is 1. The highest BCUT2D eigenvalue weighted by Crippen LogP contribution is 2.25. The van der Waals surface area contributed by atoms with Crippen molar-refractivity contribution >= 4 is 38.6 Å². The van der Waals surface area contributed by atoms with E-state index in [-0.39, 0.29) is 0 Å². The number of hydrogen-bond donors (Lipinski definition) is 1. The van der Waals surface area contributed by atoms with Gasteiger partial charge in [-0.1, -0.05) is 11.6 Å². The van der Waals surface area contributed by atoms with Gasteiger partial charge in [0, 0.05) is 5.69 Å². The van der Waals surface area contributed by atoms with Crippen molar-refractivity contribution in [1.82, 2.24) is 15.2 Å². The van der Waals surface area contributed by atoms with Crippen LogP contribution in [0.4, 0.5) is 0 Å². The number of rotatable bonds is 0. The zero-order chi connectivity index (χ0) is 8.72. The van der Waals surface area contributed by atoms with Crippen molar-refractivity contribution in [3.8, 4) is 0 Å². The van der Waals surface area contributed by atoms with Gasteiger partial charge in [0.1, 0.15) is 15.6 Å². The maximum atomic E-state index is 5.93. The molecule has 1 N–H and O–H groups in total. The lowest BCUT2D eigenvalue weighted by molar-refractivity contribution is 1.10. The molecule has 5 heteroatoms. The van der Waals surface area contributed by atoms with E-state index in [0.29, 0.717) is 10.5 Å². The summed E-state index contributed by atoms with van der Waals surface area (Å²) >= 11 is 9.23. The van der Waals surface area contributed by atoms with Gasteiger partial charge in [0.05, 0.1) is 5.02 Å². The van der Waals surface area contributed by atoms with E-state index >= 15 is 0 Å². The second-order valence-electron chi connectivity index (χ2n) is 2.48. The maximum Gasteiger partial charge on any atom is 0.130 e. The molecule has 3 nitrogen and oxygen atoms in total. The fraction of sp³-hybridized carbons (Fsp3) is 0.143. The van der Waals surface area contributed by atoms with E-state index in [4.69, 9.17) is 11.6 Å². The molecular formula is C7H5BrClN3. The van der Waals surface area contributed by atoms with Gasteiger partial charge in [-0.3, -0.25) is 5.10 Å². The molecule has 0 atom stereocenters. The molecule has 0 aromatic carbocycles. The first-order valence-corrected chi connectivity index (χ1v) is 4.52. The topological polar surface area (TPSA) is 41.6 Å². The average Bonchev–Trinajstić information content (AvgIpc) is 2.33. The molecule has 2 heterocycles. The molecule has 0 aliphatic heterocycles. The summed E-state index contributed by atoms with van der Waals surface area (Å²) in [6, 6.07) is 1.79. The van der Waals surface area contributed by atoms with Crippen LogP contribution < -0.4 is 0 Å². The molecule has 0 unspecified atom stereocenters. The van der Waals surface area contributed by atoms with Crippen molar-refractivity contribution in [3.63, 3.8) is 0 Å². The number of aromatic nitrogens is 3. The van der Waals surface area contributed by atoms with Crippen molar-refractivity contribution in [2.24, 2.45) is 0 Å². The Labute approximate surface area is 82.3 Å². The zero-order valence-corrected chi connectivity index (χ0v) is 8.57. The van der Waals surface area contributed by atoms with Crippen LogP contribution in [0.25, 0.3) is 11.0 Å². The van der Waals surface area contributed by atoms with Gasteiger partial charge >= 0.3 is 0 Å². The molecule has 12 heavy (non-hydrogen) atoms. The summed E-state index contributed by atoms with van der Waals surface area (Å²) in [6.07, 6.45) is 0. The van der Waals surface area contributed by atoms with E-state index < -0.39 is 0 Å². The lowest BCUT2D eigenvalue weighted by atomic mass is 10.3. The number of nitrogens with zero attached hydrogens (tertiary/aromatic N) is 2. The third-order valence-electron chi connectivity index (χ3n) is 1.55. The van der Waals surface area contributed by atoms with Crippen LogP contribution in [0.2, 0.25) is 5.02 Å². The predicted molar refractivity (Wildman–Crippen MR) is 51.3 cm³/mol. The number of halogens is 2. The number of aryl methyl sites for hydroxylation is 1. The number of fused-ring (bicyclic) bond motifs is 1. The monoisotopic (exact) mass is 245 g/mol. The second-order valence-corrected chi connectivity index (χ2v) is 3.68. The first-order chi connectivity index (χ1) is 5.68. The van der Waals surface area contributed by atoms with Crippen LogP contribution in [0.5, 0.6) is 0 Å². The van der Waals surface area contributed by atoms with Crippen molar-refractivity contribution in [1.29, 1.82) is 0 Å². The van der Waals surface area contributed by atoms with Gasteiger partial charge < -0.3 is 0 Å². The van der Waals surface area contributed by atoms with Gasteiger partial charge in [-0.05, 0) is 28.9 Å². The normalized spacial score (nSPS) is 10.9. The average molecular weight is 246 g/mol. The minimum absolute atomic E-state index is 0.624. The Balaban J connectivity index is 2.92. The first kappa shape index (κ1) is 8.01. The standard InChI is InChI=1S/C7H5BrClN3/c1-3-2-4(9)5-6(10-3)7(8)12-11-5/h2H,1H3,(H,11,12). The number of hydrogen-bond acceptors (Lipinski definition) is 2. The lowest BCUT2D eigenvalue weighted by Gasteiger charge is -1.94. The van der Waals surface area contributed by atoms with E-state index in [9.17, 15) is 0 Å². The van der Waals surface area contributed by atoms with Gasteiger partial charge in [-0.2, -0.15) is 5.10 Å². The summed E-state index contributed by atoms with van der Waals surface area (Å²) < 4.78 is 0.767. The van der Waals surface area contributed by atoms with E-state index in [1.54, 1.807) is 6.07 Å². The molecule has 0 saturated heterocycles. The highest BCUT2D eigenvalue weighted by atomic mass is 79.9. The van der Waals surface area contributed by atoms with E-state index in [1.807, 2.05) is 6.92 Å². The highest BCUT2D eigenvalue weighted by Gasteiger charge is 2.07. The van der Waals surface area contributed by atoms with Gasteiger partial charge in [0.15, 0.2) is 0 Å². The fourth-order valence-corrected chi connectivity index (χ4v) is 1.70. The molecule has 0 fully saturated rings. The summed E-state index contributed by atoms with van der Waals surface area (Å²) in [5.41, 5.74) is 2.36. The van der Waals surface area contributed by atoms with Crippen molar-refractivity contribution in [2.45, 2.75) is 6.92 Å². The Hall–Kier alpha value is -0.610.